The SMILES string of the molecule is C=C1OC(=O)C(O)C1O. The third-order valence-corrected chi connectivity index (χ3v) is 1.10. The van der Waals surface area contributed by atoms with Gasteiger partial charge in [0.1, 0.15) is 11.9 Å². The number of rotatable bonds is 0. The number of aliphatic hydroxyl groups is 2. The average molecular weight is 130 g/mol. The minimum Gasteiger partial charge on any atom is -0.427 e. The highest BCUT2D eigenvalue weighted by molar-refractivity contribution is 5.79. The average Bonchev–Trinajstić information content (AvgIpc) is 1.98. The first-order chi connectivity index (χ1) is 4.13. The van der Waals surface area contributed by atoms with Crippen LogP contribution in [0, 0.1) is 0 Å². The van der Waals surface area contributed by atoms with Gasteiger partial charge in [0, 0.05) is 0 Å². The van der Waals surface area contributed by atoms with Gasteiger partial charge in [-0.3, -0.25) is 0 Å². The van der Waals surface area contributed by atoms with Crippen molar-refractivity contribution in [2.24, 2.45) is 0 Å². The third kappa shape index (κ3) is 0.820. The molecular formula is C5H6O4. The summed E-state index contributed by atoms with van der Waals surface area (Å²) in [6.45, 7) is 3.18. The summed E-state index contributed by atoms with van der Waals surface area (Å²) in [7, 11) is 0. The van der Waals surface area contributed by atoms with Gasteiger partial charge in [-0.1, -0.05) is 6.58 Å². The Labute approximate surface area is 51.4 Å². The molecule has 9 heavy (non-hydrogen) atoms. The molecule has 1 heterocycles. The second-order valence-electron chi connectivity index (χ2n) is 1.78. The second kappa shape index (κ2) is 1.82. The Kier molecular flexibility index (Phi) is 1.27. The van der Waals surface area contributed by atoms with E-state index in [0.717, 1.165) is 0 Å². The van der Waals surface area contributed by atoms with Crippen molar-refractivity contribution in [3.05, 3.63) is 12.3 Å². The lowest BCUT2D eigenvalue weighted by atomic mass is 10.2. The molecule has 0 amide bonds. The zero-order valence-corrected chi connectivity index (χ0v) is 4.57. The highest BCUT2D eigenvalue weighted by Gasteiger charge is 2.37. The Balaban J connectivity index is 2.77. The topological polar surface area (TPSA) is 66.8 Å². The number of hydrogen-bond acceptors (Lipinski definition) is 4. The van der Waals surface area contributed by atoms with E-state index < -0.39 is 18.2 Å². The van der Waals surface area contributed by atoms with E-state index in [1.807, 2.05) is 0 Å². The summed E-state index contributed by atoms with van der Waals surface area (Å²) in [4.78, 5) is 10.3. The first kappa shape index (κ1) is 6.25. The monoisotopic (exact) mass is 130 g/mol. The third-order valence-electron chi connectivity index (χ3n) is 1.10. The number of aliphatic hydroxyl groups excluding tert-OH is 2. The van der Waals surface area contributed by atoms with Crippen LogP contribution in [-0.4, -0.2) is 28.4 Å². The normalized spacial score (nSPS) is 34.9. The minimum absolute atomic E-state index is 0.0903. The van der Waals surface area contributed by atoms with E-state index in [4.69, 9.17) is 10.2 Å². The largest absolute Gasteiger partial charge is 0.427 e. The predicted octanol–water partition coefficient (Wildman–Crippen LogP) is -1.22. The summed E-state index contributed by atoms with van der Waals surface area (Å²) < 4.78 is 4.25. The standard InChI is InChI=1S/C5H6O4/c1-2-3(6)4(7)5(8)9-2/h3-4,6-7H,1H2. The minimum atomic E-state index is -1.45. The highest BCUT2D eigenvalue weighted by atomic mass is 16.6. The maximum Gasteiger partial charge on any atom is 0.343 e. The number of carbonyl (C=O) groups excluding carboxylic acids is 1. The van der Waals surface area contributed by atoms with E-state index in [1.54, 1.807) is 0 Å². The molecule has 1 saturated heterocycles. The van der Waals surface area contributed by atoms with Crippen molar-refractivity contribution < 1.29 is 19.7 Å². The Hall–Kier alpha value is -0.870. The van der Waals surface area contributed by atoms with Crippen LogP contribution in [-0.2, 0) is 9.53 Å². The van der Waals surface area contributed by atoms with E-state index in [2.05, 4.69) is 11.3 Å². The van der Waals surface area contributed by atoms with Crippen LogP contribution in [0.5, 0.6) is 0 Å². The molecule has 1 aliphatic heterocycles. The number of hydrogen-bond donors (Lipinski definition) is 2. The first-order valence-corrected chi connectivity index (χ1v) is 2.39. The molecule has 0 spiro atoms. The van der Waals surface area contributed by atoms with Crippen LogP contribution in [0.2, 0.25) is 0 Å². The van der Waals surface area contributed by atoms with Crippen LogP contribution in [0.15, 0.2) is 12.3 Å². The van der Waals surface area contributed by atoms with Crippen LogP contribution in [0.4, 0.5) is 0 Å². The van der Waals surface area contributed by atoms with Gasteiger partial charge < -0.3 is 14.9 Å². The highest BCUT2D eigenvalue weighted by Crippen LogP contribution is 2.16. The van der Waals surface area contributed by atoms with Crippen molar-refractivity contribution in [2.45, 2.75) is 12.2 Å². The molecule has 0 saturated carbocycles. The molecule has 0 aliphatic carbocycles. The maximum atomic E-state index is 10.3. The maximum absolute atomic E-state index is 10.3. The molecule has 2 atom stereocenters. The van der Waals surface area contributed by atoms with E-state index in [9.17, 15) is 4.79 Å². The number of cyclic esters (lactones) is 1. The molecule has 4 heteroatoms. The fourth-order valence-electron chi connectivity index (χ4n) is 0.555. The Morgan fingerprint density at radius 2 is 2.00 bits per heavy atom. The van der Waals surface area contributed by atoms with Gasteiger partial charge in [-0.05, 0) is 0 Å². The molecular weight excluding hydrogens is 124 g/mol. The summed E-state index contributed by atoms with van der Waals surface area (Å²) >= 11 is 0. The molecule has 1 fully saturated rings. The van der Waals surface area contributed by atoms with Gasteiger partial charge >= 0.3 is 5.97 Å². The summed E-state index contributed by atoms with van der Waals surface area (Å²) in [6, 6.07) is 0. The van der Waals surface area contributed by atoms with Crippen LogP contribution in [0.1, 0.15) is 0 Å². The van der Waals surface area contributed by atoms with Crippen LogP contribution in [0.3, 0.4) is 0 Å². The predicted molar refractivity (Wildman–Crippen MR) is 27.2 cm³/mol. The zero-order chi connectivity index (χ0) is 7.02. The van der Waals surface area contributed by atoms with E-state index in [1.165, 1.54) is 0 Å². The molecule has 4 nitrogen and oxygen atoms in total. The molecule has 1 rings (SSSR count). The van der Waals surface area contributed by atoms with Gasteiger partial charge in [0.15, 0.2) is 6.10 Å². The van der Waals surface area contributed by atoms with E-state index in [-0.39, 0.29) is 5.76 Å². The zero-order valence-electron chi connectivity index (χ0n) is 4.57. The van der Waals surface area contributed by atoms with Gasteiger partial charge in [0.05, 0.1) is 0 Å². The Morgan fingerprint density at radius 1 is 1.44 bits per heavy atom. The lowest BCUT2D eigenvalue weighted by Gasteiger charge is -1.98. The summed E-state index contributed by atoms with van der Waals surface area (Å²) in [6.07, 6.45) is -2.70. The van der Waals surface area contributed by atoms with E-state index >= 15 is 0 Å². The summed E-state index contributed by atoms with van der Waals surface area (Å²) in [5, 5.41) is 17.4. The van der Waals surface area contributed by atoms with Crippen LogP contribution < -0.4 is 0 Å². The fraction of sp³-hybridized carbons (Fsp3) is 0.400. The number of esters is 1. The smallest absolute Gasteiger partial charge is 0.343 e. The number of ether oxygens (including phenoxy) is 1. The van der Waals surface area contributed by atoms with Crippen molar-refractivity contribution in [2.75, 3.05) is 0 Å². The van der Waals surface area contributed by atoms with Gasteiger partial charge in [0.25, 0.3) is 0 Å². The van der Waals surface area contributed by atoms with Crippen LogP contribution >= 0.6 is 0 Å². The van der Waals surface area contributed by atoms with Crippen molar-refractivity contribution >= 4 is 5.97 Å². The molecule has 0 aromatic rings. The van der Waals surface area contributed by atoms with E-state index in [0.29, 0.717) is 0 Å². The van der Waals surface area contributed by atoms with Gasteiger partial charge in [-0.15, -0.1) is 0 Å². The number of carbonyl (C=O) groups is 1. The molecule has 50 valence electrons. The van der Waals surface area contributed by atoms with Crippen LogP contribution in [0.25, 0.3) is 0 Å². The Morgan fingerprint density at radius 3 is 2.11 bits per heavy atom. The molecule has 0 radical (unpaired) electrons. The van der Waals surface area contributed by atoms with Crippen molar-refractivity contribution in [3.63, 3.8) is 0 Å². The van der Waals surface area contributed by atoms with Gasteiger partial charge in [-0.2, -0.15) is 0 Å². The summed E-state index contributed by atoms with van der Waals surface area (Å²) in [5.74, 6) is -0.931. The molecule has 1 aliphatic rings. The molecule has 2 unspecified atom stereocenters. The first-order valence-electron chi connectivity index (χ1n) is 2.39. The molecule has 0 aromatic heterocycles. The quantitative estimate of drug-likeness (QED) is 0.403. The lowest BCUT2D eigenvalue weighted by Crippen LogP contribution is -2.25. The fourth-order valence-corrected chi connectivity index (χ4v) is 0.555. The lowest BCUT2D eigenvalue weighted by molar-refractivity contribution is -0.143. The molecule has 2 N–H and O–H groups in total. The molecule has 0 bridgehead atoms. The summed E-state index contributed by atoms with van der Waals surface area (Å²) in [5.41, 5.74) is 0. The second-order valence-corrected chi connectivity index (χ2v) is 1.78. The van der Waals surface area contributed by atoms with Crippen molar-refractivity contribution in [3.8, 4) is 0 Å². The van der Waals surface area contributed by atoms with Gasteiger partial charge in [-0.25, -0.2) is 4.79 Å². The van der Waals surface area contributed by atoms with Crippen molar-refractivity contribution in [1.29, 1.82) is 0 Å². The molecule has 0 aromatic carbocycles. The Bertz CT molecular complexity index is 144. The van der Waals surface area contributed by atoms with Crippen molar-refractivity contribution in [1.82, 2.24) is 0 Å². The van der Waals surface area contributed by atoms with Gasteiger partial charge in [0.2, 0.25) is 0 Å².